The van der Waals surface area contributed by atoms with E-state index in [-0.39, 0.29) is 29.2 Å². The molecule has 2 bridgehead atoms. The Hall–Kier alpha value is -0.660. The molecule has 4 rings (SSSR count). The molecule has 3 aliphatic carbocycles. The van der Waals surface area contributed by atoms with Crippen molar-refractivity contribution in [3.8, 4) is 0 Å². The molecular formula is C16H27N3O3S. The predicted molar refractivity (Wildman–Crippen MR) is 87.0 cm³/mol. The van der Waals surface area contributed by atoms with Gasteiger partial charge in [0.1, 0.15) is 0 Å². The number of sulfonamides is 1. The van der Waals surface area contributed by atoms with Gasteiger partial charge in [0, 0.05) is 25.2 Å². The third kappa shape index (κ3) is 2.81. The lowest BCUT2D eigenvalue weighted by atomic mass is 9.84. The molecule has 3 saturated carbocycles. The predicted octanol–water partition coefficient (Wildman–Crippen LogP) is 0.433. The fourth-order valence-corrected chi connectivity index (χ4v) is 6.73. The lowest BCUT2D eigenvalue weighted by molar-refractivity contribution is -0.128. The first kappa shape index (κ1) is 15.8. The van der Waals surface area contributed by atoms with Crippen LogP contribution in [0.1, 0.15) is 44.9 Å². The van der Waals surface area contributed by atoms with Crippen molar-refractivity contribution < 1.29 is 13.2 Å². The van der Waals surface area contributed by atoms with Crippen LogP contribution in [0, 0.1) is 17.8 Å². The second-order valence-electron chi connectivity index (χ2n) is 7.86. The molecule has 0 radical (unpaired) electrons. The molecule has 4 atom stereocenters. The molecule has 7 heteroatoms. The number of rotatable bonds is 4. The molecule has 0 aromatic rings. The number of piperidine rings is 1. The number of hydrogen-bond donors (Lipinski definition) is 2. The van der Waals surface area contributed by atoms with Gasteiger partial charge in [0.05, 0.1) is 11.2 Å². The molecule has 1 heterocycles. The van der Waals surface area contributed by atoms with Crippen LogP contribution in [-0.2, 0) is 14.8 Å². The monoisotopic (exact) mass is 341 g/mol. The van der Waals surface area contributed by atoms with Gasteiger partial charge < -0.3 is 11.1 Å². The molecule has 4 unspecified atom stereocenters. The minimum absolute atomic E-state index is 0.0177. The van der Waals surface area contributed by atoms with Crippen LogP contribution < -0.4 is 11.1 Å². The van der Waals surface area contributed by atoms with Crippen molar-refractivity contribution in [3.63, 3.8) is 0 Å². The molecule has 4 aliphatic rings. The van der Waals surface area contributed by atoms with Crippen LogP contribution in [-0.4, -0.2) is 49.1 Å². The molecule has 3 N–H and O–H groups in total. The summed E-state index contributed by atoms with van der Waals surface area (Å²) in [5, 5.41) is 3.01. The average molecular weight is 341 g/mol. The largest absolute Gasteiger partial charge is 0.353 e. The maximum Gasteiger partial charge on any atom is 0.225 e. The minimum atomic E-state index is -3.07. The molecular weight excluding hydrogens is 314 g/mol. The van der Waals surface area contributed by atoms with Gasteiger partial charge in [0.25, 0.3) is 0 Å². The van der Waals surface area contributed by atoms with Crippen LogP contribution in [0.2, 0.25) is 0 Å². The summed E-state index contributed by atoms with van der Waals surface area (Å²) < 4.78 is 26.1. The van der Waals surface area contributed by atoms with E-state index in [2.05, 4.69) is 5.32 Å². The van der Waals surface area contributed by atoms with Crippen molar-refractivity contribution in [1.82, 2.24) is 9.62 Å². The van der Waals surface area contributed by atoms with E-state index >= 15 is 0 Å². The Labute approximate surface area is 138 Å². The van der Waals surface area contributed by atoms with Gasteiger partial charge in [-0.1, -0.05) is 0 Å². The Bertz CT molecular complexity index is 579. The first-order valence-corrected chi connectivity index (χ1v) is 10.5. The molecule has 1 aliphatic heterocycles. The number of nitrogens with one attached hydrogen (secondary N) is 1. The maximum atomic E-state index is 12.6. The average Bonchev–Trinajstić information content (AvgIpc) is 3.22. The molecule has 0 aromatic heterocycles. The number of fused-ring (bicyclic) bond motifs is 2. The number of nitrogens with two attached hydrogens (primary N) is 1. The lowest BCUT2D eigenvalue weighted by Gasteiger charge is -2.34. The van der Waals surface area contributed by atoms with Gasteiger partial charge in [0.2, 0.25) is 15.9 Å². The summed E-state index contributed by atoms with van der Waals surface area (Å²) in [6, 6.07) is 0.114. The van der Waals surface area contributed by atoms with E-state index in [9.17, 15) is 13.2 Å². The van der Waals surface area contributed by atoms with Crippen molar-refractivity contribution in [3.05, 3.63) is 0 Å². The summed E-state index contributed by atoms with van der Waals surface area (Å²) >= 11 is 0. The van der Waals surface area contributed by atoms with Gasteiger partial charge in [0.15, 0.2) is 0 Å². The van der Waals surface area contributed by atoms with Crippen LogP contribution in [0.3, 0.4) is 0 Å². The second kappa shape index (κ2) is 5.70. The van der Waals surface area contributed by atoms with E-state index < -0.39 is 10.0 Å². The zero-order chi connectivity index (χ0) is 16.2. The van der Waals surface area contributed by atoms with E-state index in [4.69, 9.17) is 5.73 Å². The fraction of sp³-hybridized carbons (Fsp3) is 0.938. The van der Waals surface area contributed by atoms with Gasteiger partial charge in [-0.15, -0.1) is 0 Å². The molecule has 130 valence electrons. The highest BCUT2D eigenvalue weighted by atomic mass is 32.2. The summed E-state index contributed by atoms with van der Waals surface area (Å²) in [5.41, 5.74) is 6.24. The van der Waals surface area contributed by atoms with E-state index in [0.29, 0.717) is 37.8 Å². The third-order valence-corrected chi connectivity index (χ3v) is 8.79. The summed E-state index contributed by atoms with van der Waals surface area (Å²) in [6.45, 7) is 1.07. The van der Waals surface area contributed by atoms with Gasteiger partial charge in [-0.3, -0.25) is 4.79 Å². The van der Waals surface area contributed by atoms with E-state index in [1.807, 2.05) is 0 Å². The van der Waals surface area contributed by atoms with Crippen molar-refractivity contribution in [2.45, 2.75) is 62.3 Å². The summed E-state index contributed by atoms with van der Waals surface area (Å²) in [7, 11) is -3.07. The van der Waals surface area contributed by atoms with Gasteiger partial charge in [-0.05, 0) is 56.8 Å². The fourth-order valence-electron chi connectivity index (χ4n) is 4.85. The Morgan fingerprint density at radius 2 is 1.65 bits per heavy atom. The molecule has 0 spiro atoms. The molecule has 6 nitrogen and oxygen atoms in total. The van der Waals surface area contributed by atoms with Crippen molar-refractivity contribution in [2.75, 3.05) is 13.1 Å². The van der Waals surface area contributed by atoms with Crippen LogP contribution in [0.4, 0.5) is 0 Å². The van der Waals surface area contributed by atoms with Crippen LogP contribution in [0.5, 0.6) is 0 Å². The van der Waals surface area contributed by atoms with Crippen molar-refractivity contribution in [1.29, 1.82) is 0 Å². The molecule has 23 heavy (non-hydrogen) atoms. The summed E-state index contributed by atoms with van der Waals surface area (Å²) in [6.07, 6.45) is 6.46. The van der Waals surface area contributed by atoms with Gasteiger partial charge in [-0.25, -0.2) is 12.7 Å². The van der Waals surface area contributed by atoms with E-state index in [1.54, 1.807) is 4.31 Å². The molecule has 1 saturated heterocycles. The minimum Gasteiger partial charge on any atom is -0.353 e. The number of carbonyl (C=O) groups is 1. The standard InChI is InChI=1S/C16H27N3O3S/c17-15-11-2-1-10(9-11)14(15)16(20)18-12-5-7-19(8-6-12)23(21,22)13-3-4-13/h10-15H,1-9,17H2,(H,18,20). The summed E-state index contributed by atoms with van der Waals surface area (Å²) in [5.74, 6) is 1.07. The normalized spacial score (nSPS) is 38.8. The Morgan fingerprint density at radius 3 is 2.22 bits per heavy atom. The third-order valence-electron chi connectivity index (χ3n) is 6.39. The molecule has 4 fully saturated rings. The zero-order valence-electron chi connectivity index (χ0n) is 13.5. The van der Waals surface area contributed by atoms with E-state index in [1.165, 1.54) is 6.42 Å². The van der Waals surface area contributed by atoms with Crippen LogP contribution in [0.25, 0.3) is 0 Å². The zero-order valence-corrected chi connectivity index (χ0v) is 14.3. The smallest absolute Gasteiger partial charge is 0.225 e. The highest BCUT2D eigenvalue weighted by molar-refractivity contribution is 7.90. The first-order chi connectivity index (χ1) is 11.0. The van der Waals surface area contributed by atoms with Crippen LogP contribution >= 0.6 is 0 Å². The first-order valence-electron chi connectivity index (χ1n) is 9.01. The van der Waals surface area contributed by atoms with Gasteiger partial charge >= 0.3 is 0 Å². The molecule has 0 aromatic carbocycles. The Kier molecular flexibility index (Phi) is 3.93. The van der Waals surface area contributed by atoms with Crippen molar-refractivity contribution >= 4 is 15.9 Å². The highest BCUT2D eigenvalue weighted by Gasteiger charge is 2.49. The number of nitrogens with zero attached hydrogens (tertiary/aromatic N) is 1. The summed E-state index contributed by atoms with van der Waals surface area (Å²) in [4.78, 5) is 12.6. The number of amides is 1. The van der Waals surface area contributed by atoms with Crippen molar-refractivity contribution in [2.24, 2.45) is 23.5 Å². The quantitative estimate of drug-likeness (QED) is 0.776. The maximum absolute atomic E-state index is 12.6. The van der Waals surface area contributed by atoms with E-state index in [0.717, 1.165) is 25.7 Å². The highest BCUT2D eigenvalue weighted by Crippen LogP contribution is 2.47. The number of hydrogen-bond acceptors (Lipinski definition) is 4. The second-order valence-corrected chi connectivity index (χ2v) is 10.1. The SMILES string of the molecule is NC1C2CCC(C2)C1C(=O)NC1CCN(S(=O)(=O)C2CC2)CC1. The van der Waals surface area contributed by atoms with Gasteiger partial charge in [-0.2, -0.15) is 0 Å². The Morgan fingerprint density at radius 1 is 1.00 bits per heavy atom. The number of carbonyl (C=O) groups excluding carboxylic acids is 1. The van der Waals surface area contributed by atoms with Crippen LogP contribution in [0.15, 0.2) is 0 Å². The topological polar surface area (TPSA) is 92.5 Å². The molecule has 1 amide bonds. The lowest BCUT2D eigenvalue weighted by Crippen LogP contribution is -2.51. The Balaban J connectivity index is 1.30.